The molecule has 2 N–H and O–H groups in total. The maximum atomic E-state index is 10.9. The standard InChI is InChI=1S/C9H19N3O/c1-7(2)9-6-10-4-5-12(9)11-8(3)13/h7,9-10H,4-6H2,1-3H3,(H,11,13). The lowest BCUT2D eigenvalue weighted by Gasteiger charge is -2.38. The first-order valence-corrected chi connectivity index (χ1v) is 4.86. The van der Waals surface area contributed by atoms with E-state index in [0.717, 1.165) is 19.6 Å². The first-order chi connectivity index (χ1) is 6.11. The molecule has 0 bridgehead atoms. The van der Waals surface area contributed by atoms with Crippen molar-refractivity contribution in [2.45, 2.75) is 26.8 Å². The Morgan fingerprint density at radius 1 is 1.62 bits per heavy atom. The Morgan fingerprint density at radius 3 is 2.85 bits per heavy atom. The van der Waals surface area contributed by atoms with Crippen molar-refractivity contribution in [3.63, 3.8) is 0 Å². The lowest BCUT2D eigenvalue weighted by atomic mass is 10.0. The third kappa shape index (κ3) is 2.97. The molecule has 1 fully saturated rings. The van der Waals surface area contributed by atoms with Crippen LogP contribution >= 0.6 is 0 Å². The number of carbonyl (C=O) groups is 1. The Kier molecular flexibility index (Phi) is 3.69. The maximum Gasteiger partial charge on any atom is 0.231 e. The molecule has 13 heavy (non-hydrogen) atoms. The van der Waals surface area contributed by atoms with E-state index in [2.05, 4.69) is 24.6 Å². The summed E-state index contributed by atoms with van der Waals surface area (Å²) in [5.41, 5.74) is 2.87. The smallest absolute Gasteiger partial charge is 0.231 e. The molecule has 1 heterocycles. The van der Waals surface area contributed by atoms with E-state index in [4.69, 9.17) is 0 Å². The summed E-state index contributed by atoms with van der Waals surface area (Å²) < 4.78 is 0. The highest BCUT2D eigenvalue weighted by atomic mass is 16.2. The Bertz CT molecular complexity index is 182. The molecule has 0 aliphatic carbocycles. The van der Waals surface area contributed by atoms with Crippen LogP contribution in [0.4, 0.5) is 0 Å². The van der Waals surface area contributed by atoms with Crippen LogP contribution in [0.2, 0.25) is 0 Å². The molecule has 1 aliphatic heterocycles. The third-order valence-corrected chi connectivity index (χ3v) is 2.35. The second kappa shape index (κ2) is 4.58. The van der Waals surface area contributed by atoms with Crippen molar-refractivity contribution in [3.05, 3.63) is 0 Å². The molecule has 0 aromatic rings. The lowest BCUT2D eigenvalue weighted by Crippen LogP contribution is -2.59. The van der Waals surface area contributed by atoms with Gasteiger partial charge in [0.1, 0.15) is 0 Å². The van der Waals surface area contributed by atoms with Crippen molar-refractivity contribution < 1.29 is 4.79 Å². The normalized spacial score (nSPS) is 24.8. The molecule has 4 heteroatoms. The Hall–Kier alpha value is -0.610. The zero-order chi connectivity index (χ0) is 9.84. The SMILES string of the molecule is CC(=O)NN1CCNCC1C(C)C. The Labute approximate surface area is 79.6 Å². The fourth-order valence-corrected chi connectivity index (χ4v) is 1.66. The highest BCUT2D eigenvalue weighted by Crippen LogP contribution is 2.09. The van der Waals surface area contributed by atoms with E-state index in [0.29, 0.717) is 12.0 Å². The van der Waals surface area contributed by atoms with E-state index in [1.165, 1.54) is 0 Å². The highest BCUT2D eigenvalue weighted by Gasteiger charge is 2.25. The van der Waals surface area contributed by atoms with Crippen LogP contribution in [0.1, 0.15) is 20.8 Å². The molecular weight excluding hydrogens is 166 g/mol. The summed E-state index contributed by atoms with van der Waals surface area (Å²) in [4.78, 5) is 10.9. The first kappa shape index (κ1) is 10.5. The van der Waals surface area contributed by atoms with Gasteiger partial charge in [-0.3, -0.25) is 10.2 Å². The molecule has 0 aromatic carbocycles. The molecule has 1 saturated heterocycles. The number of nitrogens with zero attached hydrogens (tertiary/aromatic N) is 1. The van der Waals surface area contributed by atoms with Gasteiger partial charge in [0, 0.05) is 32.6 Å². The molecule has 1 unspecified atom stereocenters. The summed E-state index contributed by atoms with van der Waals surface area (Å²) in [6, 6.07) is 0.414. The number of piperazine rings is 1. The maximum absolute atomic E-state index is 10.9. The largest absolute Gasteiger partial charge is 0.314 e. The molecule has 4 nitrogen and oxygen atoms in total. The van der Waals surface area contributed by atoms with E-state index in [-0.39, 0.29) is 5.91 Å². The molecule has 1 rings (SSSR count). The summed E-state index contributed by atoms with van der Waals surface area (Å²) in [5.74, 6) is 0.576. The molecule has 0 radical (unpaired) electrons. The molecular formula is C9H19N3O. The van der Waals surface area contributed by atoms with Gasteiger partial charge in [-0.15, -0.1) is 0 Å². The van der Waals surface area contributed by atoms with Crippen LogP contribution in [-0.4, -0.2) is 36.6 Å². The average Bonchev–Trinajstić information content (AvgIpc) is 2.03. The van der Waals surface area contributed by atoms with E-state index < -0.39 is 0 Å². The molecule has 0 spiro atoms. The second-order valence-electron chi connectivity index (χ2n) is 3.88. The van der Waals surface area contributed by atoms with Crippen LogP contribution in [0, 0.1) is 5.92 Å². The summed E-state index contributed by atoms with van der Waals surface area (Å²) in [6.45, 7) is 8.70. The molecule has 1 amide bonds. The van der Waals surface area contributed by atoms with Gasteiger partial charge in [-0.2, -0.15) is 0 Å². The van der Waals surface area contributed by atoms with Gasteiger partial charge in [0.05, 0.1) is 0 Å². The Morgan fingerprint density at radius 2 is 2.31 bits per heavy atom. The topological polar surface area (TPSA) is 44.4 Å². The van der Waals surface area contributed by atoms with Gasteiger partial charge in [-0.1, -0.05) is 13.8 Å². The summed E-state index contributed by atoms with van der Waals surface area (Å²) in [5, 5.41) is 5.37. The second-order valence-corrected chi connectivity index (χ2v) is 3.88. The quantitative estimate of drug-likeness (QED) is 0.635. The van der Waals surface area contributed by atoms with Gasteiger partial charge in [0.15, 0.2) is 0 Å². The number of hydrazine groups is 1. The van der Waals surface area contributed by atoms with E-state index >= 15 is 0 Å². The van der Waals surface area contributed by atoms with Gasteiger partial charge in [-0.25, -0.2) is 5.01 Å². The fraction of sp³-hybridized carbons (Fsp3) is 0.889. The van der Waals surface area contributed by atoms with Gasteiger partial charge < -0.3 is 5.32 Å². The minimum absolute atomic E-state index is 0.0209. The molecule has 0 aromatic heterocycles. The monoisotopic (exact) mass is 185 g/mol. The van der Waals surface area contributed by atoms with Crippen LogP contribution in [0.15, 0.2) is 0 Å². The van der Waals surface area contributed by atoms with Gasteiger partial charge in [-0.05, 0) is 5.92 Å². The van der Waals surface area contributed by atoms with Crippen molar-refractivity contribution in [2.75, 3.05) is 19.6 Å². The summed E-state index contributed by atoms with van der Waals surface area (Å²) in [7, 11) is 0. The molecule has 1 atom stereocenters. The van der Waals surface area contributed by atoms with Crippen molar-refractivity contribution >= 4 is 5.91 Å². The van der Waals surface area contributed by atoms with Gasteiger partial charge in [0.25, 0.3) is 0 Å². The van der Waals surface area contributed by atoms with Crippen molar-refractivity contribution in [1.29, 1.82) is 0 Å². The highest BCUT2D eigenvalue weighted by molar-refractivity contribution is 5.72. The van der Waals surface area contributed by atoms with Crippen LogP contribution in [0.3, 0.4) is 0 Å². The minimum Gasteiger partial charge on any atom is -0.314 e. The average molecular weight is 185 g/mol. The zero-order valence-electron chi connectivity index (χ0n) is 8.63. The van der Waals surface area contributed by atoms with Gasteiger partial charge in [0.2, 0.25) is 5.91 Å². The van der Waals surface area contributed by atoms with Crippen molar-refractivity contribution in [1.82, 2.24) is 15.8 Å². The lowest BCUT2D eigenvalue weighted by molar-refractivity contribution is -0.125. The number of hydrogen-bond acceptors (Lipinski definition) is 3. The Balaban J connectivity index is 2.51. The molecule has 1 aliphatic rings. The third-order valence-electron chi connectivity index (χ3n) is 2.35. The first-order valence-electron chi connectivity index (χ1n) is 4.86. The van der Waals surface area contributed by atoms with Crippen molar-refractivity contribution in [3.8, 4) is 0 Å². The van der Waals surface area contributed by atoms with Crippen LogP contribution in [0.25, 0.3) is 0 Å². The van der Waals surface area contributed by atoms with Crippen LogP contribution in [0.5, 0.6) is 0 Å². The predicted octanol–water partition coefficient (Wildman–Crippen LogP) is -0.0327. The zero-order valence-corrected chi connectivity index (χ0v) is 8.63. The fourth-order valence-electron chi connectivity index (χ4n) is 1.66. The predicted molar refractivity (Wildman–Crippen MR) is 52.0 cm³/mol. The number of nitrogens with one attached hydrogen (secondary N) is 2. The number of amides is 1. The van der Waals surface area contributed by atoms with Crippen LogP contribution in [-0.2, 0) is 4.79 Å². The molecule has 76 valence electrons. The van der Waals surface area contributed by atoms with Gasteiger partial charge >= 0.3 is 0 Å². The number of carbonyl (C=O) groups excluding carboxylic acids is 1. The molecule has 0 saturated carbocycles. The minimum atomic E-state index is 0.0209. The summed E-state index contributed by atoms with van der Waals surface area (Å²) >= 11 is 0. The van der Waals surface area contributed by atoms with E-state index in [9.17, 15) is 4.79 Å². The van der Waals surface area contributed by atoms with E-state index in [1.54, 1.807) is 6.92 Å². The summed E-state index contributed by atoms with van der Waals surface area (Å²) in [6.07, 6.45) is 0. The number of rotatable bonds is 2. The van der Waals surface area contributed by atoms with Crippen molar-refractivity contribution in [2.24, 2.45) is 5.92 Å². The number of hydrogen-bond donors (Lipinski definition) is 2. The van der Waals surface area contributed by atoms with E-state index in [1.807, 2.05) is 5.01 Å². The van der Waals surface area contributed by atoms with Crippen LogP contribution < -0.4 is 10.7 Å².